The summed E-state index contributed by atoms with van der Waals surface area (Å²) >= 11 is 29.5. The Morgan fingerprint density at radius 1 is 0.381 bits per heavy atom. The van der Waals surface area contributed by atoms with E-state index in [9.17, 15) is 38.5 Å². The molecule has 0 atom stereocenters. The molecule has 0 bridgehead atoms. The third kappa shape index (κ3) is 25.9. The normalized spacial score (nSPS) is 11.6. The summed E-state index contributed by atoms with van der Waals surface area (Å²) in [6, 6.07) is 62.3. The number of nitrogens with two attached hydrogens (primary N) is 2. The summed E-state index contributed by atoms with van der Waals surface area (Å²) in [5.41, 5.74) is 18.9. The number of methoxy groups -OCH3 is 5. The highest BCUT2D eigenvalue weighted by Gasteiger charge is 2.24. The first-order valence-electron chi connectivity index (χ1n) is 31.8. The largest absolute Gasteiger partial charge is 0.380 e. The van der Waals surface area contributed by atoms with Crippen LogP contribution in [0.4, 0.5) is 0 Å². The number of carbonyl (C=O) groups is 1. The van der Waals surface area contributed by atoms with Crippen LogP contribution in [0.2, 0.25) is 25.1 Å². The second-order valence-electron chi connectivity index (χ2n) is 24.7. The summed E-state index contributed by atoms with van der Waals surface area (Å²) in [5.74, 6) is -0.444. The lowest BCUT2D eigenvalue weighted by molar-refractivity contribution is 0.0999. The Morgan fingerprint density at radius 3 is 0.895 bits per heavy atom. The molecule has 1 amide bonds. The minimum Gasteiger partial charge on any atom is -0.380 e. The predicted molar refractivity (Wildman–Crippen MR) is 422 cm³/mol. The number of ether oxygens (including phenoxy) is 5. The van der Waals surface area contributed by atoms with Crippen LogP contribution < -0.4 is 15.6 Å². The van der Waals surface area contributed by atoms with Crippen molar-refractivity contribution < 1.29 is 62.2 Å². The van der Waals surface area contributed by atoms with Gasteiger partial charge >= 0.3 is 0 Å². The van der Waals surface area contributed by atoms with E-state index in [1.807, 2.05) is 99.6 Å². The van der Waals surface area contributed by atoms with Crippen molar-refractivity contribution in [2.75, 3.05) is 55.9 Å². The molecule has 27 heteroatoms. The van der Waals surface area contributed by atoms with Crippen LogP contribution in [0.5, 0.6) is 0 Å². The van der Waals surface area contributed by atoms with Crippen molar-refractivity contribution in [1.82, 2.24) is 9.03 Å². The summed E-state index contributed by atoms with van der Waals surface area (Å²) in [5, 5.41) is 8.44. The van der Waals surface area contributed by atoms with Gasteiger partial charge in [0.15, 0.2) is 9.84 Å². The average molecular weight is 1610 g/mol. The monoisotopic (exact) mass is 1600 g/mol. The molecule has 0 saturated carbocycles. The predicted octanol–water partition coefficient (Wildman–Crippen LogP) is 17.2. The van der Waals surface area contributed by atoms with Gasteiger partial charge in [0.25, 0.3) is 0 Å². The maximum Gasteiger partial charge on any atom is 0.248 e. The van der Waals surface area contributed by atoms with Crippen molar-refractivity contribution in [2.45, 2.75) is 78.9 Å². The zero-order valence-corrected chi connectivity index (χ0v) is 66.6. The van der Waals surface area contributed by atoms with Crippen LogP contribution in [-0.4, -0.2) is 105 Å². The van der Waals surface area contributed by atoms with Gasteiger partial charge in [0, 0.05) is 92.1 Å². The van der Waals surface area contributed by atoms with Crippen LogP contribution in [0.15, 0.2) is 232 Å². The van der Waals surface area contributed by atoms with Crippen molar-refractivity contribution in [3.05, 3.63) is 271 Å². The molecule has 0 aliphatic rings. The molecule has 18 nitrogen and oxygen atoms in total. The Morgan fingerprint density at radius 2 is 0.629 bits per heavy atom. The summed E-state index contributed by atoms with van der Waals surface area (Å²) < 4.78 is 125. The Labute approximate surface area is 642 Å². The molecule has 0 aliphatic carbocycles. The van der Waals surface area contributed by atoms with Crippen LogP contribution in [0, 0.1) is 0 Å². The lowest BCUT2D eigenvalue weighted by Gasteiger charge is -2.21. The fraction of sp³-hybridized carbons (Fsp3) is 0.218. The summed E-state index contributed by atoms with van der Waals surface area (Å²) in [6.45, 7) is 7.13. The topological polar surface area (TPSA) is 267 Å². The first kappa shape index (κ1) is 86.5. The van der Waals surface area contributed by atoms with Gasteiger partial charge in [0.1, 0.15) is 0 Å². The second kappa shape index (κ2) is 39.4. The second-order valence-corrected chi connectivity index (χ2v) is 34.3. The molecular formula is C78H83Cl5N4O14S4. The number of nitrogens with one attached hydrogen (secondary N) is 1. The average Bonchev–Trinajstić information content (AvgIpc) is 0.808. The number of sulfonamides is 3. The Hall–Kier alpha value is -7.40. The number of hydrogen-bond donors (Lipinski definition) is 3. The molecule has 0 fully saturated rings. The van der Waals surface area contributed by atoms with Crippen molar-refractivity contribution in [2.24, 2.45) is 10.9 Å². The van der Waals surface area contributed by atoms with E-state index in [0.29, 0.717) is 68.6 Å². The molecule has 0 radical (unpaired) electrons. The molecule has 10 rings (SSSR count). The van der Waals surface area contributed by atoms with Gasteiger partial charge in [0.05, 0.1) is 52.6 Å². The zero-order valence-electron chi connectivity index (χ0n) is 59.6. The van der Waals surface area contributed by atoms with Gasteiger partial charge in [-0.2, -0.15) is 0 Å². The van der Waals surface area contributed by atoms with Crippen LogP contribution in [-0.2, 0) is 96.6 Å². The molecule has 10 aromatic carbocycles. The van der Waals surface area contributed by atoms with Crippen LogP contribution in [0.3, 0.4) is 0 Å². The van der Waals surface area contributed by atoms with Crippen LogP contribution in [0.25, 0.3) is 55.6 Å². The van der Waals surface area contributed by atoms with E-state index >= 15 is 0 Å². The highest BCUT2D eigenvalue weighted by Crippen LogP contribution is 2.34. The number of sulfone groups is 1. The molecule has 105 heavy (non-hydrogen) atoms. The SMILES string of the molecule is COCc1cc(C(N)=O)ccc1-c1ccc(Cl)cc1.COCc1cc(S(=O)(=O)N(C)C)ccc1-c1ccc(Cl)cc1.COCc1cc(S(=O)(=O)NC(C)(C)C)ccc1-c1ccc(Cl)cc1.COCc1cc(S(C)(=O)=O)ccc1-c1ccc(Cl)cc1.COCc1cc(S(N)(=O)=O)ccc1-c1ccc(Cl)cc1. The number of hydrogen-bond acceptors (Lipinski definition) is 14. The molecular weight excluding hydrogens is 1520 g/mol. The van der Waals surface area contributed by atoms with Gasteiger partial charge in [0.2, 0.25) is 36.0 Å². The first-order chi connectivity index (χ1) is 49.4. The third-order valence-corrected chi connectivity index (χ3v) is 22.1. The van der Waals surface area contributed by atoms with Gasteiger partial charge in [-0.25, -0.2) is 47.8 Å². The highest BCUT2D eigenvalue weighted by atomic mass is 35.5. The van der Waals surface area contributed by atoms with Gasteiger partial charge in [-0.1, -0.05) is 149 Å². The molecule has 0 heterocycles. The fourth-order valence-corrected chi connectivity index (χ4v) is 14.7. The van der Waals surface area contributed by atoms with E-state index in [2.05, 4.69) is 4.72 Å². The van der Waals surface area contributed by atoms with Crippen molar-refractivity contribution >= 4 is 104 Å². The number of primary sulfonamides is 1. The summed E-state index contributed by atoms with van der Waals surface area (Å²) in [6.07, 6.45) is 1.20. The quantitative estimate of drug-likeness (QED) is 0.0570. The summed E-state index contributed by atoms with van der Waals surface area (Å²) in [4.78, 5) is 12.1. The molecule has 5 N–H and O–H groups in total. The molecule has 0 saturated heterocycles. The van der Waals surface area contributed by atoms with Crippen LogP contribution in [0.1, 0.15) is 58.9 Å². The number of primary amides is 1. The Balaban J connectivity index is 0.000000206. The Kier molecular flexibility index (Phi) is 32.5. The third-order valence-electron chi connectivity index (χ3n) is 15.3. The molecule has 0 aromatic heterocycles. The first-order valence-corrected chi connectivity index (χ1v) is 40.1. The van der Waals surface area contributed by atoms with Crippen molar-refractivity contribution in [3.63, 3.8) is 0 Å². The molecule has 0 unspecified atom stereocenters. The maximum absolute atomic E-state index is 12.5. The lowest BCUT2D eigenvalue weighted by Crippen LogP contribution is -2.40. The number of nitrogens with zero attached hydrogens (tertiary/aromatic N) is 1. The van der Waals surface area contributed by atoms with Gasteiger partial charge in [-0.3, -0.25) is 4.79 Å². The van der Waals surface area contributed by atoms with Gasteiger partial charge in [-0.05, 0) is 226 Å². The lowest BCUT2D eigenvalue weighted by atomic mass is 9.97. The smallest absolute Gasteiger partial charge is 0.248 e. The molecule has 0 aliphatic heterocycles. The number of amides is 1. The maximum atomic E-state index is 12.5. The molecule has 558 valence electrons. The van der Waals surface area contributed by atoms with E-state index in [4.69, 9.17) is 92.6 Å². The molecule has 0 spiro atoms. The number of rotatable bonds is 22. The van der Waals surface area contributed by atoms with E-state index in [1.165, 1.54) is 36.8 Å². The van der Waals surface area contributed by atoms with Gasteiger partial charge < -0.3 is 29.4 Å². The highest BCUT2D eigenvalue weighted by molar-refractivity contribution is 7.91. The van der Waals surface area contributed by atoms with E-state index in [-0.39, 0.29) is 14.7 Å². The van der Waals surface area contributed by atoms with Gasteiger partial charge in [-0.15, -0.1) is 0 Å². The van der Waals surface area contributed by atoms with Crippen molar-refractivity contribution in [3.8, 4) is 55.6 Å². The van der Waals surface area contributed by atoms with E-state index < -0.39 is 51.4 Å². The van der Waals surface area contributed by atoms with E-state index in [0.717, 1.165) is 83.5 Å². The summed E-state index contributed by atoms with van der Waals surface area (Å²) in [7, 11) is -3.07. The number of benzene rings is 10. The number of carbonyl (C=O) groups excluding carboxylic acids is 1. The minimum absolute atomic E-state index is 0.0715. The Bertz CT molecular complexity index is 4930. The van der Waals surface area contributed by atoms with E-state index in [1.54, 1.807) is 157 Å². The fourth-order valence-electron chi connectivity index (χ4n) is 10.4. The molecule has 10 aromatic rings. The minimum atomic E-state index is -3.73. The zero-order chi connectivity index (χ0) is 77.6. The van der Waals surface area contributed by atoms with Crippen molar-refractivity contribution in [1.29, 1.82) is 0 Å². The standard InChI is InChI=1S/C18H22ClNO3S.C16H18ClNO3S.C15H14ClNO2.C15H15ClO3S.C14H14ClNO3S/c1-18(2,3)20-24(21,22)16-9-10-17(14(11-16)12-23-4)13-5-7-15(19)8-6-13;1-18(2)22(19,20)15-8-9-16(13(10-15)11-21-3)12-4-6-14(17)7-5-12;1-19-9-12-8-11(15(17)18)4-7-14(12)10-2-5-13(16)6-3-10;1-19-10-12-9-14(20(2,17)18)7-8-15(12)11-3-5-13(16)6-4-11;1-19-9-11-8-13(20(16,17)18)6-7-14(11)10-2-4-12(15)5-3-10/h5-11,20H,12H2,1-4H3;4-10H,11H2,1-3H3;2-8H,9H2,1H3,(H2,17,18);3-9H,10H2,1-2H3;2-8H,9H2,1H3,(H2,16,17,18). The van der Waals surface area contributed by atoms with Crippen LogP contribution >= 0.6 is 58.0 Å². The number of halogens is 5.